The first-order valence-corrected chi connectivity index (χ1v) is 12.8. The highest BCUT2D eigenvalue weighted by Gasteiger charge is 2.36. The summed E-state index contributed by atoms with van der Waals surface area (Å²) in [6.07, 6.45) is -4.17. The number of hydrogen-bond donors (Lipinski definition) is 1. The Labute approximate surface area is 226 Å². The van der Waals surface area contributed by atoms with Crippen LogP contribution in [-0.4, -0.2) is 40.8 Å². The first-order valence-electron chi connectivity index (χ1n) is 11.5. The molecule has 0 saturated carbocycles. The van der Waals surface area contributed by atoms with Crippen molar-refractivity contribution in [2.24, 2.45) is 4.99 Å². The van der Waals surface area contributed by atoms with Gasteiger partial charge in [0.2, 0.25) is 11.8 Å². The Morgan fingerprint density at radius 1 is 1.13 bits per heavy atom. The van der Waals surface area contributed by atoms with Gasteiger partial charge in [-0.05, 0) is 60.5 Å². The summed E-state index contributed by atoms with van der Waals surface area (Å²) in [5, 5.41) is 2.50. The molecule has 2 amide bonds. The zero-order valence-electron chi connectivity index (χ0n) is 20.2. The number of aliphatic imine (C=N–C) groups is 1. The summed E-state index contributed by atoms with van der Waals surface area (Å²) in [6, 6.07) is 18.5. The molecule has 0 radical (unpaired) electrons. The lowest BCUT2D eigenvalue weighted by atomic mass is 10.1. The van der Waals surface area contributed by atoms with E-state index in [1.165, 1.54) is 17.0 Å². The largest absolute Gasteiger partial charge is 0.497 e. The van der Waals surface area contributed by atoms with Crippen LogP contribution in [0.3, 0.4) is 0 Å². The average Bonchev–Trinajstić information content (AvgIpc) is 2.88. The number of carbonyl (C=O) groups is 2. The highest BCUT2D eigenvalue weighted by molar-refractivity contribution is 8.15. The third-order valence-corrected chi connectivity index (χ3v) is 7.13. The highest BCUT2D eigenvalue weighted by Crippen LogP contribution is 2.34. The molecule has 1 saturated heterocycles. The summed E-state index contributed by atoms with van der Waals surface area (Å²) in [7, 11) is 1.56. The topological polar surface area (TPSA) is 71.0 Å². The smallest absolute Gasteiger partial charge is 0.416 e. The first kappa shape index (κ1) is 27.5. The molecule has 3 aromatic rings. The van der Waals surface area contributed by atoms with Gasteiger partial charge in [-0.2, -0.15) is 13.2 Å². The van der Waals surface area contributed by atoms with Gasteiger partial charge in [0.15, 0.2) is 5.17 Å². The molecule has 0 aromatic heterocycles. The van der Waals surface area contributed by atoms with Crippen LogP contribution in [0.15, 0.2) is 77.8 Å². The Morgan fingerprint density at radius 3 is 2.55 bits per heavy atom. The van der Waals surface area contributed by atoms with E-state index in [9.17, 15) is 22.8 Å². The van der Waals surface area contributed by atoms with Crippen LogP contribution in [0.1, 0.15) is 17.5 Å². The molecule has 198 valence electrons. The van der Waals surface area contributed by atoms with E-state index in [0.29, 0.717) is 22.9 Å². The van der Waals surface area contributed by atoms with Gasteiger partial charge in [-0.3, -0.25) is 14.5 Å². The predicted molar refractivity (Wildman–Crippen MR) is 143 cm³/mol. The van der Waals surface area contributed by atoms with Gasteiger partial charge in [0, 0.05) is 23.7 Å². The molecule has 1 unspecified atom stereocenters. The maximum atomic E-state index is 13.3. The lowest BCUT2D eigenvalue weighted by molar-refractivity contribution is -0.137. The molecule has 1 N–H and O–H groups in total. The summed E-state index contributed by atoms with van der Waals surface area (Å²) < 4.78 is 45.0. The van der Waals surface area contributed by atoms with Gasteiger partial charge in [0.1, 0.15) is 11.0 Å². The molecule has 11 heteroatoms. The molecular formula is C27H23ClF3N3O3S. The fraction of sp³-hybridized carbons (Fsp3) is 0.222. The van der Waals surface area contributed by atoms with Crippen molar-refractivity contribution >= 4 is 51.7 Å². The van der Waals surface area contributed by atoms with Crippen LogP contribution in [0.2, 0.25) is 5.02 Å². The second kappa shape index (κ2) is 11.9. The minimum atomic E-state index is -4.54. The third kappa shape index (κ3) is 7.08. The number of methoxy groups -OCH3 is 1. The van der Waals surface area contributed by atoms with E-state index >= 15 is 0 Å². The predicted octanol–water partition coefficient (Wildman–Crippen LogP) is 6.57. The number of nitrogens with one attached hydrogen (secondary N) is 1. The van der Waals surface area contributed by atoms with E-state index < -0.39 is 22.9 Å². The average molecular weight is 562 g/mol. The van der Waals surface area contributed by atoms with Gasteiger partial charge in [-0.25, -0.2) is 4.99 Å². The Hall–Kier alpha value is -3.50. The van der Waals surface area contributed by atoms with Gasteiger partial charge in [-0.1, -0.05) is 47.6 Å². The van der Waals surface area contributed by atoms with E-state index in [1.54, 1.807) is 43.5 Å². The Balaban J connectivity index is 1.59. The second-order valence-electron chi connectivity index (χ2n) is 8.40. The van der Waals surface area contributed by atoms with E-state index in [0.717, 1.165) is 29.5 Å². The van der Waals surface area contributed by atoms with Crippen LogP contribution in [-0.2, 0) is 22.2 Å². The fourth-order valence-corrected chi connectivity index (χ4v) is 5.06. The van der Waals surface area contributed by atoms with Crippen molar-refractivity contribution in [3.63, 3.8) is 0 Å². The lowest BCUT2D eigenvalue weighted by Crippen LogP contribution is -2.46. The van der Waals surface area contributed by atoms with Crippen LogP contribution in [0.4, 0.5) is 24.5 Å². The number of anilines is 1. The van der Waals surface area contributed by atoms with Crippen molar-refractivity contribution in [1.29, 1.82) is 0 Å². The number of rotatable bonds is 7. The van der Waals surface area contributed by atoms with Crippen LogP contribution < -0.4 is 10.1 Å². The molecule has 1 atom stereocenters. The van der Waals surface area contributed by atoms with E-state index in [-0.39, 0.29) is 29.7 Å². The highest BCUT2D eigenvalue weighted by atomic mass is 35.5. The molecule has 1 aliphatic rings. The summed E-state index contributed by atoms with van der Waals surface area (Å²) >= 11 is 7.03. The van der Waals surface area contributed by atoms with Crippen molar-refractivity contribution in [2.75, 3.05) is 19.0 Å². The maximum absolute atomic E-state index is 13.3. The molecule has 1 aliphatic heterocycles. The van der Waals surface area contributed by atoms with Crippen molar-refractivity contribution in [2.45, 2.75) is 24.3 Å². The van der Waals surface area contributed by atoms with Crippen LogP contribution in [0, 0.1) is 0 Å². The molecule has 38 heavy (non-hydrogen) atoms. The Kier molecular flexibility index (Phi) is 8.63. The van der Waals surface area contributed by atoms with Crippen LogP contribution in [0.5, 0.6) is 5.75 Å². The normalized spacial score (nSPS) is 17.0. The molecule has 4 rings (SSSR count). The number of benzene rings is 3. The number of carbonyl (C=O) groups excluding carboxylic acids is 2. The fourth-order valence-electron chi connectivity index (χ4n) is 3.75. The maximum Gasteiger partial charge on any atom is 0.416 e. The first-order chi connectivity index (χ1) is 18.1. The monoisotopic (exact) mass is 561 g/mol. The third-order valence-electron chi connectivity index (χ3n) is 5.71. The lowest BCUT2D eigenvalue weighted by Gasteiger charge is -2.32. The summed E-state index contributed by atoms with van der Waals surface area (Å²) in [6.45, 7) is 0.235. The SMILES string of the molecule is COc1ccc(CCN2C(=O)CC(C(=O)Nc3cccc(Cl)c3)SC2=Nc2cccc(C(F)(F)F)c2)cc1. The van der Waals surface area contributed by atoms with E-state index in [1.807, 2.05) is 12.1 Å². The molecule has 1 fully saturated rings. The van der Waals surface area contributed by atoms with Crippen molar-refractivity contribution < 1.29 is 27.5 Å². The molecule has 0 spiro atoms. The van der Waals surface area contributed by atoms with Gasteiger partial charge in [0.05, 0.1) is 18.4 Å². The summed E-state index contributed by atoms with van der Waals surface area (Å²) in [4.78, 5) is 32.0. The Morgan fingerprint density at radius 2 is 1.87 bits per heavy atom. The molecule has 0 aliphatic carbocycles. The van der Waals surface area contributed by atoms with Gasteiger partial charge in [0.25, 0.3) is 0 Å². The number of ether oxygens (including phenoxy) is 1. The van der Waals surface area contributed by atoms with Gasteiger partial charge < -0.3 is 10.1 Å². The zero-order valence-corrected chi connectivity index (χ0v) is 21.7. The number of halogens is 4. The molecule has 3 aromatic carbocycles. The van der Waals surface area contributed by atoms with Crippen molar-refractivity contribution in [3.05, 3.63) is 88.9 Å². The van der Waals surface area contributed by atoms with Crippen molar-refractivity contribution in [3.8, 4) is 5.75 Å². The van der Waals surface area contributed by atoms with Crippen molar-refractivity contribution in [1.82, 2.24) is 4.90 Å². The quantitative estimate of drug-likeness (QED) is 0.354. The minimum Gasteiger partial charge on any atom is -0.497 e. The molecular weight excluding hydrogens is 539 g/mol. The minimum absolute atomic E-state index is 0.0282. The molecule has 0 bridgehead atoms. The number of amidine groups is 1. The second-order valence-corrected chi connectivity index (χ2v) is 10.0. The number of hydrogen-bond acceptors (Lipinski definition) is 5. The standard InChI is InChI=1S/C27H23ClF3N3O3S/c1-37-22-10-8-17(9-11-22)12-13-34-24(35)16-23(25(36)32-21-7-3-5-19(28)15-21)38-26(34)33-20-6-2-4-18(14-20)27(29,30)31/h2-11,14-15,23H,12-13,16H2,1H3,(H,32,36). The van der Waals surface area contributed by atoms with Gasteiger partial charge >= 0.3 is 6.18 Å². The number of thioether (sulfide) groups is 1. The molecule has 6 nitrogen and oxygen atoms in total. The van der Waals surface area contributed by atoms with E-state index in [2.05, 4.69) is 10.3 Å². The number of amides is 2. The van der Waals surface area contributed by atoms with Crippen LogP contribution >= 0.6 is 23.4 Å². The van der Waals surface area contributed by atoms with Gasteiger partial charge in [-0.15, -0.1) is 0 Å². The zero-order chi connectivity index (χ0) is 27.3. The summed E-state index contributed by atoms with van der Waals surface area (Å²) in [5.41, 5.74) is 0.573. The number of nitrogens with zero attached hydrogens (tertiary/aromatic N) is 2. The summed E-state index contributed by atoms with van der Waals surface area (Å²) in [5.74, 6) is -0.0925. The number of alkyl halides is 3. The molecule has 1 heterocycles. The van der Waals surface area contributed by atoms with Crippen LogP contribution in [0.25, 0.3) is 0 Å². The Bertz CT molecular complexity index is 1350. The van der Waals surface area contributed by atoms with E-state index in [4.69, 9.17) is 16.3 Å².